The summed E-state index contributed by atoms with van der Waals surface area (Å²) in [5.74, 6) is 2.47. The molecule has 2 heteroatoms. The van der Waals surface area contributed by atoms with E-state index in [2.05, 4.69) is 63.0 Å². The Morgan fingerprint density at radius 2 is 1.74 bits per heavy atom. The average molecular weight is 279 g/mol. The fraction of sp³-hybridized carbons (Fsp3) is 0.647. The molecule has 0 heterocycles. The molecule has 0 radical (unpaired) electrons. The van der Waals surface area contributed by atoms with Gasteiger partial charge in [0.25, 0.3) is 0 Å². The highest BCUT2D eigenvalue weighted by Gasteiger charge is 2.11. The zero-order valence-electron chi connectivity index (χ0n) is 13.0. The van der Waals surface area contributed by atoms with Crippen LogP contribution < -0.4 is 5.32 Å². The summed E-state index contributed by atoms with van der Waals surface area (Å²) < 4.78 is 0. The molecule has 1 unspecified atom stereocenters. The Kier molecular flexibility index (Phi) is 8.24. The summed E-state index contributed by atoms with van der Waals surface area (Å²) >= 11 is 2.08. The number of thioether (sulfide) groups is 1. The van der Waals surface area contributed by atoms with Gasteiger partial charge in [-0.3, -0.25) is 0 Å². The fourth-order valence-electron chi connectivity index (χ4n) is 2.25. The number of unbranched alkanes of at least 4 members (excludes halogenated alkanes) is 1. The first kappa shape index (κ1) is 16.6. The minimum atomic E-state index is 0.500. The first-order valence-corrected chi connectivity index (χ1v) is 8.72. The molecular weight excluding hydrogens is 250 g/mol. The first-order chi connectivity index (χ1) is 9.17. The highest BCUT2D eigenvalue weighted by Crippen LogP contribution is 2.21. The number of hydrogen-bond acceptors (Lipinski definition) is 2. The Labute approximate surface area is 123 Å². The van der Waals surface area contributed by atoms with Crippen LogP contribution in [-0.2, 0) is 0 Å². The molecule has 1 nitrogen and oxygen atoms in total. The van der Waals surface area contributed by atoms with E-state index < -0.39 is 0 Å². The van der Waals surface area contributed by atoms with Crippen molar-refractivity contribution in [3.05, 3.63) is 34.9 Å². The molecule has 1 N–H and O–H groups in total. The normalized spacial score (nSPS) is 12.6. The second-order valence-electron chi connectivity index (χ2n) is 5.36. The molecule has 1 aromatic carbocycles. The van der Waals surface area contributed by atoms with E-state index in [9.17, 15) is 0 Å². The number of nitrogens with one attached hydrogen (secondary N) is 1. The Morgan fingerprint density at radius 1 is 1.05 bits per heavy atom. The van der Waals surface area contributed by atoms with E-state index in [1.165, 1.54) is 47.5 Å². The van der Waals surface area contributed by atoms with E-state index in [1.54, 1.807) is 0 Å². The van der Waals surface area contributed by atoms with Gasteiger partial charge in [-0.15, -0.1) is 0 Å². The molecule has 0 aliphatic rings. The summed E-state index contributed by atoms with van der Waals surface area (Å²) in [5, 5.41) is 3.70. The molecule has 1 atom stereocenters. The van der Waals surface area contributed by atoms with Crippen LogP contribution in [0.5, 0.6) is 0 Å². The maximum absolute atomic E-state index is 3.70. The van der Waals surface area contributed by atoms with Crippen LogP contribution in [0.2, 0.25) is 0 Å². The molecule has 0 saturated heterocycles. The summed E-state index contributed by atoms with van der Waals surface area (Å²) in [6.07, 6.45) is 3.82. The Hall–Kier alpha value is -0.470. The summed E-state index contributed by atoms with van der Waals surface area (Å²) in [4.78, 5) is 0. The quantitative estimate of drug-likeness (QED) is 0.647. The van der Waals surface area contributed by atoms with Crippen LogP contribution in [0.3, 0.4) is 0 Å². The monoisotopic (exact) mass is 279 g/mol. The van der Waals surface area contributed by atoms with E-state index in [1.807, 2.05) is 0 Å². The van der Waals surface area contributed by atoms with E-state index in [0.29, 0.717) is 6.04 Å². The van der Waals surface area contributed by atoms with Crippen LogP contribution in [0.1, 0.15) is 55.8 Å². The third kappa shape index (κ3) is 6.49. The van der Waals surface area contributed by atoms with Gasteiger partial charge < -0.3 is 5.32 Å². The van der Waals surface area contributed by atoms with Crippen LogP contribution in [0.4, 0.5) is 0 Å². The van der Waals surface area contributed by atoms with Gasteiger partial charge in [0.1, 0.15) is 0 Å². The molecule has 0 fully saturated rings. The summed E-state index contributed by atoms with van der Waals surface area (Å²) in [6.45, 7) is 9.98. The van der Waals surface area contributed by atoms with Crippen LogP contribution in [-0.4, -0.2) is 18.1 Å². The van der Waals surface area contributed by atoms with Crippen molar-refractivity contribution in [2.75, 3.05) is 18.1 Å². The van der Waals surface area contributed by atoms with E-state index in [0.717, 1.165) is 6.54 Å². The standard InChI is InChI=1S/C17H29NS/c1-5-7-9-19-13-17(18-8-6-2)16-11-14(3)10-15(4)12-16/h10-12,17-18H,5-9,13H2,1-4H3. The fourth-order valence-corrected chi connectivity index (χ4v) is 3.46. The molecule has 0 saturated carbocycles. The van der Waals surface area contributed by atoms with Gasteiger partial charge in [0.2, 0.25) is 0 Å². The van der Waals surface area contributed by atoms with Gasteiger partial charge in [0.15, 0.2) is 0 Å². The maximum Gasteiger partial charge on any atom is 0.0412 e. The molecule has 0 amide bonds. The van der Waals surface area contributed by atoms with Gasteiger partial charge in [-0.2, -0.15) is 11.8 Å². The molecule has 108 valence electrons. The third-order valence-electron chi connectivity index (χ3n) is 3.21. The van der Waals surface area contributed by atoms with Crippen molar-refractivity contribution in [3.8, 4) is 0 Å². The Balaban J connectivity index is 2.65. The zero-order valence-corrected chi connectivity index (χ0v) is 13.8. The van der Waals surface area contributed by atoms with Crippen LogP contribution in [0, 0.1) is 13.8 Å². The van der Waals surface area contributed by atoms with Gasteiger partial charge in [-0.1, -0.05) is 49.6 Å². The van der Waals surface area contributed by atoms with E-state index >= 15 is 0 Å². The molecule has 1 rings (SSSR count). The largest absolute Gasteiger partial charge is 0.309 e. The predicted octanol–water partition coefficient (Wildman–Crippen LogP) is 4.88. The average Bonchev–Trinajstić information content (AvgIpc) is 2.36. The predicted molar refractivity (Wildman–Crippen MR) is 89.2 cm³/mol. The van der Waals surface area contributed by atoms with E-state index in [4.69, 9.17) is 0 Å². The van der Waals surface area contributed by atoms with Crippen molar-refractivity contribution in [2.24, 2.45) is 0 Å². The lowest BCUT2D eigenvalue weighted by Gasteiger charge is -2.20. The molecule has 0 spiro atoms. The Bertz CT molecular complexity index is 342. The molecule has 0 aliphatic heterocycles. The topological polar surface area (TPSA) is 12.0 Å². The number of benzene rings is 1. The minimum absolute atomic E-state index is 0.500. The van der Waals surface area contributed by atoms with Crippen LogP contribution in [0.15, 0.2) is 18.2 Å². The second-order valence-corrected chi connectivity index (χ2v) is 6.51. The van der Waals surface area contributed by atoms with Crippen molar-refractivity contribution in [3.63, 3.8) is 0 Å². The summed E-state index contributed by atoms with van der Waals surface area (Å²) in [6, 6.07) is 7.42. The van der Waals surface area contributed by atoms with Crippen molar-refractivity contribution < 1.29 is 0 Å². The lowest BCUT2D eigenvalue weighted by Crippen LogP contribution is -2.24. The smallest absolute Gasteiger partial charge is 0.0412 e. The van der Waals surface area contributed by atoms with Crippen LogP contribution >= 0.6 is 11.8 Å². The van der Waals surface area contributed by atoms with Crippen molar-refractivity contribution >= 4 is 11.8 Å². The molecule has 0 aliphatic carbocycles. The van der Waals surface area contributed by atoms with Gasteiger partial charge in [0.05, 0.1) is 0 Å². The van der Waals surface area contributed by atoms with Gasteiger partial charge in [-0.05, 0) is 44.6 Å². The van der Waals surface area contributed by atoms with Crippen molar-refractivity contribution in [1.29, 1.82) is 0 Å². The van der Waals surface area contributed by atoms with Crippen LogP contribution in [0.25, 0.3) is 0 Å². The lowest BCUT2D eigenvalue weighted by molar-refractivity contribution is 0.577. The molecule has 1 aromatic rings. The molecule has 0 bridgehead atoms. The minimum Gasteiger partial charge on any atom is -0.309 e. The Morgan fingerprint density at radius 3 is 2.32 bits per heavy atom. The third-order valence-corrected chi connectivity index (χ3v) is 4.36. The molecule has 0 aromatic heterocycles. The maximum atomic E-state index is 3.70. The lowest BCUT2D eigenvalue weighted by atomic mass is 10.0. The van der Waals surface area contributed by atoms with Gasteiger partial charge >= 0.3 is 0 Å². The molecular formula is C17H29NS. The van der Waals surface area contributed by atoms with Crippen molar-refractivity contribution in [2.45, 2.75) is 53.0 Å². The van der Waals surface area contributed by atoms with E-state index in [-0.39, 0.29) is 0 Å². The summed E-state index contributed by atoms with van der Waals surface area (Å²) in [5.41, 5.74) is 4.20. The number of aryl methyl sites for hydroxylation is 2. The van der Waals surface area contributed by atoms with Crippen molar-refractivity contribution in [1.82, 2.24) is 5.32 Å². The summed E-state index contributed by atoms with van der Waals surface area (Å²) in [7, 11) is 0. The van der Waals surface area contributed by atoms with Gasteiger partial charge in [-0.25, -0.2) is 0 Å². The second kappa shape index (κ2) is 9.44. The zero-order chi connectivity index (χ0) is 14.1. The molecule has 19 heavy (non-hydrogen) atoms. The highest BCUT2D eigenvalue weighted by molar-refractivity contribution is 7.99. The SMILES string of the molecule is CCCCSCC(NCCC)c1cc(C)cc(C)c1. The first-order valence-electron chi connectivity index (χ1n) is 7.56. The number of hydrogen-bond donors (Lipinski definition) is 1. The van der Waals surface area contributed by atoms with Gasteiger partial charge in [0, 0.05) is 11.8 Å². The highest BCUT2D eigenvalue weighted by atomic mass is 32.2. The number of rotatable bonds is 9.